The summed E-state index contributed by atoms with van der Waals surface area (Å²) >= 11 is 0. The minimum atomic E-state index is -0.0359. The molecule has 0 aliphatic heterocycles. The van der Waals surface area contributed by atoms with Crippen LogP contribution in [-0.2, 0) is 17.8 Å². The molecule has 0 aromatic heterocycles. The first-order chi connectivity index (χ1) is 13.2. The summed E-state index contributed by atoms with van der Waals surface area (Å²) < 4.78 is 0. The predicted molar refractivity (Wildman–Crippen MR) is 111 cm³/mol. The fourth-order valence-corrected chi connectivity index (χ4v) is 3.41. The fraction of sp³-hybridized carbons (Fsp3) is 0.125. The Morgan fingerprint density at radius 2 is 1.67 bits per heavy atom. The lowest BCUT2D eigenvalue weighted by Gasteiger charge is -2.17. The van der Waals surface area contributed by atoms with Gasteiger partial charge in [-0.2, -0.15) is 0 Å². The Hall–Kier alpha value is -3.17. The van der Waals surface area contributed by atoms with E-state index < -0.39 is 0 Å². The van der Waals surface area contributed by atoms with Gasteiger partial charge < -0.3 is 11.1 Å². The summed E-state index contributed by atoms with van der Waals surface area (Å²) in [6.07, 6.45) is 3.66. The highest BCUT2D eigenvalue weighted by molar-refractivity contribution is 6.07. The quantitative estimate of drug-likeness (QED) is 0.708. The Morgan fingerprint density at radius 3 is 2.41 bits per heavy atom. The molecule has 4 rings (SSSR count). The van der Waals surface area contributed by atoms with Crippen LogP contribution in [0.15, 0.2) is 78.4 Å². The first kappa shape index (κ1) is 17.3. The van der Waals surface area contributed by atoms with E-state index in [1.165, 1.54) is 16.7 Å². The standard InChI is InChI=1S/C24H22N2O/c25-16-17-6-12-23(13-7-17)26-24(27)21-11-9-19-8-10-20(14-22(19)15-21)18-4-2-1-3-5-18/h1-8,10,12-15H,9,11,16,25H2,(H,26,27). The third-order valence-electron chi connectivity index (χ3n) is 4.99. The second kappa shape index (κ2) is 7.60. The van der Waals surface area contributed by atoms with Crippen LogP contribution in [0.4, 0.5) is 5.69 Å². The van der Waals surface area contributed by atoms with Gasteiger partial charge in [-0.05, 0) is 64.9 Å². The Labute approximate surface area is 159 Å². The molecular weight excluding hydrogens is 332 g/mol. The minimum Gasteiger partial charge on any atom is -0.326 e. The Balaban J connectivity index is 1.56. The average Bonchev–Trinajstić information content (AvgIpc) is 2.74. The third-order valence-corrected chi connectivity index (χ3v) is 4.99. The smallest absolute Gasteiger partial charge is 0.251 e. The number of fused-ring (bicyclic) bond motifs is 1. The van der Waals surface area contributed by atoms with E-state index in [0.29, 0.717) is 6.54 Å². The molecule has 0 atom stereocenters. The molecule has 1 aliphatic carbocycles. The van der Waals surface area contributed by atoms with Gasteiger partial charge >= 0.3 is 0 Å². The number of carbonyl (C=O) groups is 1. The van der Waals surface area contributed by atoms with Crippen LogP contribution in [0.1, 0.15) is 23.1 Å². The molecule has 3 aromatic rings. The number of hydrogen-bond acceptors (Lipinski definition) is 2. The largest absolute Gasteiger partial charge is 0.326 e. The molecule has 0 radical (unpaired) electrons. The summed E-state index contributed by atoms with van der Waals surface area (Å²) in [5.41, 5.74) is 13.1. The van der Waals surface area contributed by atoms with Gasteiger partial charge in [-0.15, -0.1) is 0 Å². The molecule has 3 heteroatoms. The van der Waals surface area contributed by atoms with Crippen molar-refractivity contribution in [1.82, 2.24) is 0 Å². The van der Waals surface area contributed by atoms with Crippen LogP contribution in [0, 0.1) is 0 Å². The summed E-state index contributed by atoms with van der Waals surface area (Å²) in [7, 11) is 0. The van der Waals surface area contributed by atoms with E-state index in [9.17, 15) is 4.79 Å². The average molecular weight is 354 g/mol. The van der Waals surface area contributed by atoms with Gasteiger partial charge in [0.1, 0.15) is 0 Å². The van der Waals surface area contributed by atoms with Crippen LogP contribution in [0.2, 0.25) is 0 Å². The first-order valence-corrected chi connectivity index (χ1v) is 9.22. The monoisotopic (exact) mass is 354 g/mol. The normalized spacial score (nSPS) is 12.9. The lowest BCUT2D eigenvalue weighted by Crippen LogP contribution is -2.17. The zero-order valence-electron chi connectivity index (χ0n) is 15.1. The Bertz CT molecular complexity index is 989. The van der Waals surface area contributed by atoms with Gasteiger partial charge in [-0.3, -0.25) is 4.79 Å². The first-order valence-electron chi connectivity index (χ1n) is 9.22. The fourth-order valence-electron chi connectivity index (χ4n) is 3.41. The van der Waals surface area contributed by atoms with Crippen molar-refractivity contribution in [3.05, 3.63) is 95.1 Å². The molecule has 3 nitrogen and oxygen atoms in total. The van der Waals surface area contributed by atoms with Crippen LogP contribution in [-0.4, -0.2) is 5.91 Å². The van der Waals surface area contributed by atoms with E-state index >= 15 is 0 Å². The van der Waals surface area contributed by atoms with E-state index in [0.717, 1.165) is 35.2 Å². The van der Waals surface area contributed by atoms with Gasteiger partial charge in [0, 0.05) is 17.8 Å². The SMILES string of the molecule is NCc1ccc(NC(=O)C2=Cc3cc(-c4ccccc4)ccc3CC2)cc1. The number of hydrogen-bond donors (Lipinski definition) is 2. The topological polar surface area (TPSA) is 55.1 Å². The van der Waals surface area contributed by atoms with Gasteiger partial charge in [0.2, 0.25) is 0 Å². The zero-order valence-corrected chi connectivity index (χ0v) is 15.1. The lowest BCUT2D eigenvalue weighted by atomic mass is 9.89. The summed E-state index contributed by atoms with van der Waals surface area (Å²) in [6.45, 7) is 0.500. The number of rotatable bonds is 4. The molecule has 1 amide bonds. The third kappa shape index (κ3) is 3.83. The van der Waals surface area contributed by atoms with Crippen LogP contribution in [0.3, 0.4) is 0 Å². The summed E-state index contributed by atoms with van der Waals surface area (Å²) in [5.74, 6) is -0.0359. The number of nitrogens with one attached hydrogen (secondary N) is 1. The van der Waals surface area contributed by atoms with Crippen molar-refractivity contribution in [3.8, 4) is 11.1 Å². The van der Waals surface area contributed by atoms with Crippen molar-refractivity contribution in [2.75, 3.05) is 5.32 Å². The molecule has 134 valence electrons. The molecule has 0 bridgehead atoms. The summed E-state index contributed by atoms with van der Waals surface area (Å²) in [6, 6.07) is 24.5. The second-order valence-corrected chi connectivity index (χ2v) is 6.80. The van der Waals surface area contributed by atoms with Crippen molar-refractivity contribution in [2.45, 2.75) is 19.4 Å². The predicted octanol–water partition coefficient (Wildman–Crippen LogP) is 4.78. The van der Waals surface area contributed by atoms with E-state index in [4.69, 9.17) is 5.73 Å². The van der Waals surface area contributed by atoms with E-state index in [1.807, 2.05) is 48.5 Å². The molecule has 27 heavy (non-hydrogen) atoms. The number of carbonyl (C=O) groups excluding carboxylic acids is 1. The van der Waals surface area contributed by atoms with Crippen molar-refractivity contribution in [1.29, 1.82) is 0 Å². The maximum absolute atomic E-state index is 12.7. The van der Waals surface area contributed by atoms with Gasteiger partial charge in [0.15, 0.2) is 0 Å². The van der Waals surface area contributed by atoms with Crippen molar-refractivity contribution < 1.29 is 4.79 Å². The summed E-state index contributed by atoms with van der Waals surface area (Å²) in [5, 5.41) is 2.99. The number of amides is 1. The van der Waals surface area contributed by atoms with Gasteiger partial charge in [0.25, 0.3) is 5.91 Å². The van der Waals surface area contributed by atoms with E-state index in [-0.39, 0.29) is 5.91 Å². The zero-order chi connectivity index (χ0) is 18.6. The number of nitrogens with two attached hydrogens (primary N) is 1. The van der Waals surface area contributed by atoms with Crippen molar-refractivity contribution >= 4 is 17.7 Å². The molecule has 0 heterocycles. The molecule has 0 saturated carbocycles. The molecule has 1 aliphatic rings. The van der Waals surface area contributed by atoms with E-state index in [2.05, 4.69) is 35.6 Å². The molecule has 0 unspecified atom stereocenters. The van der Waals surface area contributed by atoms with Crippen LogP contribution >= 0.6 is 0 Å². The highest BCUT2D eigenvalue weighted by Crippen LogP contribution is 2.29. The number of benzene rings is 3. The molecule has 3 aromatic carbocycles. The minimum absolute atomic E-state index is 0.0359. The lowest BCUT2D eigenvalue weighted by molar-refractivity contribution is -0.112. The van der Waals surface area contributed by atoms with Crippen LogP contribution in [0.25, 0.3) is 17.2 Å². The number of aryl methyl sites for hydroxylation is 1. The molecule has 0 fully saturated rings. The second-order valence-electron chi connectivity index (χ2n) is 6.80. The van der Waals surface area contributed by atoms with Crippen molar-refractivity contribution in [2.24, 2.45) is 5.73 Å². The van der Waals surface area contributed by atoms with E-state index in [1.54, 1.807) is 0 Å². The van der Waals surface area contributed by atoms with Crippen LogP contribution in [0.5, 0.6) is 0 Å². The van der Waals surface area contributed by atoms with Gasteiger partial charge in [-0.1, -0.05) is 54.6 Å². The Morgan fingerprint density at radius 1 is 0.889 bits per heavy atom. The van der Waals surface area contributed by atoms with Crippen molar-refractivity contribution in [3.63, 3.8) is 0 Å². The molecule has 3 N–H and O–H groups in total. The maximum Gasteiger partial charge on any atom is 0.251 e. The summed E-state index contributed by atoms with van der Waals surface area (Å²) in [4.78, 5) is 12.7. The highest BCUT2D eigenvalue weighted by Gasteiger charge is 2.17. The maximum atomic E-state index is 12.7. The number of anilines is 1. The van der Waals surface area contributed by atoms with Gasteiger partial charge in [-0.25, -0.2) is 0 Å². The highest BCUT2D eigenvalue weighted by atomic mass is 16.1. The molecule has 0 saturated heterocycles. The molecule has 0 spiro atoms. The van der Waals surface area contributed by atoms with Gasteiger partial charge in [0.05, 0.1) is 0 Å². The van der Waals surface area contributed by atoms with Crippen LogP contribution < -0.4 is 11.1 Å². The Kier molecular flexibility index (Phi) is 4.86. The molecular formula is C24H22N2O.